The smallest absolute Gasteiger partial charge is 0.332 e. The van der Waals surface area contributed by atoms with Crippen LogP contribution in [0.5, 0.6) is 0 Å². The zero-order chi connectivity index (χ0) is 23.1. The molecule has 2 aromatic heterocycles. The van der Waals surface area contributed by atoms with E-state index >= 15 is 0 Å². The second-order valence-electron chi connectivity index (χ2n) is 8.59. The topological polar surface area (TPSA) is 94.2 Å². The van der Waals surface area contributed by atoms with Crippen molar-refractivity contribution in [2.75, 3.05) is 24.5 Å². The molecule has 0 bridgehead atoms. The van der Waals surface area contributed by atoms with E-state index in [9.17, 15) is 14.4 Å². The Morgan fingerprint density at radius 2 is 1.97 bits per heavy atom. The van der Waals surface area contributed by atoms with Gasteiger partial charge in [0.15, 0.2) is 16.9 Å². The van der Waals surface area contributed by atoms with E-state index in [-0.39, 0.29) is 18.9 Å². The zero-order valence-corrected chi connectivity index (χ0v) is 18.7. The summed E-state index contributed by atoms with van der Waals surface area (Å²) in [7, 11) is 1.59. The predicted molar refractivity (Wildman–Crippen MR) is 126 cm³/mol. The lowest BCUT2D eigenvalue weighted by Crippen LogP contribution is -2.41. The lowest BCUT2D eigenvalue weighted by Gasteiger charge is -2.24. The highest BCUT2D eigenvalue weighted by Crippen LogP contribution is 2.32. The van der Waals surface area contributed by atoms with Gasteiger partial charge in [0.1, 0.15) is 0 Å². The van der Waals surface area contributed by atoms with E-state index in [2.05, 4.69) is 22.1 Å². The van der Waals surface area contributed by atoms with Crippen molar-refractivity contribution >= 4 is 22.9 Å². The van der Waals surface area contributed by atoms with E-state index in [0.717, 1.165) is 30.6 Å². The Morgan fingerprint density at radius 3 is 2.73 bits per heavy atom. The Balaban J connectivity index is 1.67. The molecule has 2 fully saturated rings. The van der Waals surface area contributed by atoms with Crippen LogP contribution >= 0.6 is 0 Å². The van der Waals surface area contributed by atoms with Crippen LogP contribution in [0.4, 0.5) is 5.95 Å². The molecule has 2 aliphatic rings. The molecule has 3 aromatic rings. The molecule has 0 radical (unpaired) electrons. The molecule has 2 atom stereocenters. The van der Waals surface area contributed by atoms with Crippen LogP contribution in [0.15, 0.2) is 39.9 Å². The highest BCUT2D eigenvalue weighted by molar-refractivity contribution is 5.95. The minimum absolute atomic E-state index is 0.281. The first-order valence-electron chi connectivity index (χ1n) is 11.2. The number of Topliss-reactive ketones (excluding diaryl/α,β-unsaturated/α-hetero) is 1. The van der Waals surface area contributed by atoms with Crippen LogP contribution in [-0.2, 0) is 20.1 Å². The largest absolute Gasteiger partial charge is 0.338 e. The summed E-state index contributed by atoms with van der Waals surface area (Å²) in [5.41, 5.74) is -0.0130. The molecule has 0 aliphatic carbocycles. The number of fused-ring (bicyclic) bond motifs is 2. The van der Waals surface area contributed by atoms with Crippen molar-refractivity contribution in [1.29, 1.82) is 0 Å². The number of anilines is 1. The Bertz CT molecular complexity index is 1410. The van der Waals surface area contributed by atoms with E-state index in [1.807, 2.05) is 6.07 Å². The van der Waals surface area contributed by atoms with Gasteiger partial charge in [0, 0.05) is 38.3 Å². The lowest BCUT2D eigenvalue weighted by atomic mass is 10.1. The maximum atomic E-state index is 13.6. The number of nitrogens with one attached hydrogen (secondary N) is 1. The molecule has 2 unspecified atom stereocenters. The third-order valence-corrected chi connectivity index (χ3v) is 6.73. The van der Waals surface area contributed by atoms with Crippen molar-refractivity contribution < 1.29 is 4.79 Å². The molecule has 2 aliphatic heterocycles. The van der Waals surface area contributed by atoms with Gasteiger partial charge in [-0.1, -0.05) is 36.3 Å². The van der Waals surface area contributed by atoms with Crippen LogP contribution in [0.3, 0.4) is 0 Å². The van der Waals surface area contributed by atoms with Gasteiger partial charge < -0.3 is 10.2 Å². The molecule has 0 saturated carbocycles. The van der Waals surface area contributed by atoms with E-state index in [1.165, 1.54) is 4.57 Å². The van der Waals surface area contributed by atoms with Crippen LogP contribution in [0.2, 0.25) is 0 Å². The van der Waals surface area contributed by atoms with E-state index < -0.39 is 11.2 Å². The Hall–Kier alpha value is -3.64. The highest BCUT2D eigenvalue weighted by atomic mass is 16.2. The summed E-state index contributed by atoms with van der Waals surface area (Å²) in [5.74, 6) is 6.83. The second kappa shape index (κ2) is 8.37. The van der Waals surface area contributed by atoms with Gasteiger partial charge in [-0.25, -0.2) is 4.79 Å². The molecule has 2 saturated heterocycles. The number of carbonyl (C=O) groups excluding carboxylic acids is 1. The molecular formula is C24H26N6O3. The first-order valence-corrected chi connectivity index (χ1v) is 11.2. The molecule has 5 rings (SSSR count). The van der Waals surface area contributed by atoms with Gasteiger partial charge in [-0.2, -0.15) is 4.98 Å². The van der Waals surface area contributed by atoms with Crippen molar-refractivity contribution in [2.45, 2.75) is 32.5 Å². The molecule has 33 heavy (non-hydrogen) atoms. The van der Waals surface area contributed by atoms with Gasteiger partial charge in [0.2, 0.25) is 5.95 Å². The molecular weight excluding hydrogens is 420 g/mol. The van der Waals surface area contributed by atoms with Crippen LogP contribution in [0.25, 0.3) is 11.2 Å². The van der Waals surface area contributed by atoms with E-state index in [4.69, 9.17) is 4.98 Å². The number of nitrogens with zero attached hydrogens (tertiary/aromatic N) is 5. The average Bonchev–Trinajstić information content (AvgIpc) is 3.54. The molecule has 9 heteroatoms. The van der Waals surface area contributed by atoms with Crippen molar-refractivity contribution in [3.8, 4) is 11.8 Å². The SMILES string of the molecule is CC#CCn1c(N2CCC3CNCC32)nc2c1c(=O)n(CC(=O)c1ccccc1)c(=O)n2C. The number of benzene rings is 1. The van der Waals surface area contributed by atoms with Gasteiger partial charge in [-0.05, 0) is 19.3 Å². The fraction of sp³-hybridized carbons (Fsp3) is 0.417. The number of hydrogen-bond donors (Lipinski definition) is 1. The number of imidazole rings is 1. The van der Waals surface area contributed by atoms with Gasteiger partial charge in [-0.3, -0.25) is 23.3 Å². The molecule has 9 nitrogen and oxygen atoms in total. The van der Waals surface area contributed by atoms with Crippen LogP contribution in [0, 0.1) is 17.8 Å². The van der Waals surface area contributed by atoms with Crippen LogP contribution < -0.4 is 21.5 Å². The van der Waals surface area contributed by atoms with E-state index in [0.29, 0.717) is 34.6 Å². The van der Waals surface area contributed by atoms with Crippen LogP contribution in [-0.4, -0.2) is 50.1 Å². The molecule has 0 amide bonds. The minimum Gasteiger partial charge on any atom is -0.338 e. The Kier molecular flexibility index (Phi) is 5.38. The van der Waals surface area contributed by atoms with Crippen molar-refractivity contribution in [3.05, 3.63) is 56.7 Å². The Labute approximate surface area is 190 Å². The number of hydrogen-bond acceptors (Lipinski definition) is 6. The molecule has 1 aromatic carbocycles. The third kappa shape index (κ3) is 3.47. The lowest BCUT2D eigenvalue weighted by molar-refractivity contribution is 0.0969. The summed E-state index contributed by atoms with van der Waals surface area (Å²) in [6.45, 7) is 4.38. The molecule has 1 N–H and O–H groups in total. The monoisotopic (exact) mass is 446 g/mol. The standard InChI is InChI=1S/C24H26N6O3/c1-3-4-11-29-20-21(26-23(29)28-12-10-17-13-25-14-18(17)28)27(2)24(33)30(22(20)32)15-19(31)16-8-6-5-7-9-16/h5-9,17-18,25H,10-15H2,1-2H3. The summed E-state index contributed by atoms with van der Waals surface area (Å²) in [5, 5.41) is 3.43. The van der Waals surface area contributed by atoms with Gasteiger partial charge in [-0.15, -0.1) is 5.92 Å². The second-order valence-corrected chi connectivity index (χ2v) is 8.59. The number of carbonyl (C=O) groups is 1. The summed E-state index contributed by atoms with van der Waals surface area (Å²) in [6, 6.07) is 8.97. The summed E-state index contributed by atoms with van der Waals surface area (Å²) >= 11 is 0. The number of ketones is 1. The summed E-state index contributed by atoms with van der Waals surface area (Å²) < 4.78 is 4.16. The van der Waals surface area contributed by atoms with Crippen molar-refractivity contribution in [1.82, 2.24) is 24.0 Å². The number of aryl methyl sites for hydroxylation is 1. The first kappa shape index (κ1) is 21.2. The number of rotatable bonds is 5. The zero-order valence-electron chi connectivity index (χ0n) is 18.7. The average molecular weight is 447 g/mol. The van der Waals surface area contributed by atoms with Gasteiger partial charge >= 0.3 is 5.69 Å². The van der Waals surface area contributed by atoms with Crippen molar-refractivity contribution in [3.63, 3.8) is 0 Å². The van der Waals surface area contributed by atoms with Gasteiger partial charge in [0.25, 0.3) is 5.56 Å². The summed E-state index contributed by atoms with van der Waals surface area (Å²) in [4.78, 5) is 46.4. The molecule has 0 spiro atoms. The molecule has 170 valence electrons. The summed E-state index contributed by atoms with van der Waals surface area (Å²) in [6.07, 6.45) is 1.05. The number of aromatic nitrogens is 4. The first-order chi connectivity index (χ1) is 16.0. The van der Waals surface area contributed by atoms with E-state index in [1.54, 1.807) is 42.8 Å². The maximum absolute atomic E-state index is 13.6. The highest BCUT2D eigenvalue weighted by Gasteiger charge is 2.40. The normalized spacial score (nSPS) is 19.5. The Morgan fingerprint density at radius 1 is 1.18 bits per heavy atom. The maximum Gasteiger partial charge on any atom is 0.332 e. The van der Waals surface area contributed by atoms with Crippen LogP contribution in [0.1, 0.15) is 23.7 Å². The van der Waals surface area contributed by atoms with Gasteiger partial charge in [0.05, 0.1) is 13.1 Å². The molecule has 4 heterocycles. The van der Waals surface area contributed by atoms with Crippen molar-refractivity contribution in [2.24, 2.45) is 13.0 Å². The predicted octanol–water partition coefficient (Wildman–Crippen LogP) is 0.601. The quantitative estimate of drug-likeness (QED) is 0.456. The fourth-order valence-corrected chi connectivity index (χ4v) is 4.98. The minimum atomic E-state index is -0.559. The fourth-order valence-electron chi connectivity index (χ4n) is 4.98. The third-order valence-electron chi connectivity index (χ3n) is 6.73.